The second-order valence-electron chi connectivity index (χ2n) is 8.40. The Bertz CT molecular complexity index is 1150. The minimum absolute atomic E-state index is 0.146. The van der Waals surface area contributed by atoms with Crippen molar-refractivity contribution in [3.63, 3.8) is 0 Å². The Morgan fingerprint density at radius 2 is 1.88 bits per heavy atom. The molecule has 1 aliphatic carbocycles. The first-order valence-corrected chi connectivity index (χ1v) is 10.5. The van der Waals surface area contributed by atoms with Crippen LogP contribution in [-0.2, 0) is 28.1 Å². The number of carbonyl (C=O) groups is 3. The van der Waals surface area contributed by atoms with Gasteiger partial charge in [-0.15, -0.1) is 0 Å². The van der Waals surface area contributed by atoms with Gasteiger partial charge in [0.2, 0.25) is 5.91 Å². The summed E-state index contributed by atoms with van der Waals surface area (Å²) in [6.07, 6.45) is -4.24. The van der Waals surface area contributed by atoms with Crippen LogP contribution >= 0.6 is 0 Å². The van der Waals surface area contributed by atoms with Crippen LogP contribution < -0.4 is 5.32 Å². The first kappa shape index (κ1) is 23.5. The number of hydrogen-bond acceptors (Lipinski definition) is 4. The molecule has 2 aliphatic rings. The van der Waals surface area contributed by atoms with E-state index in [4.69, 9.17) is 0 Å². The normalized spacial score (nSPS) is 20.4. The lowest BCUT2D eigenvalue weighted by Gasteiger charge is -2.32. The first-order valence-electron chi connectivity index (χ1n) is 10.5. The molecule has 2 atom stereocenters. The number of aromatic hydroxyl groups is 1. The van der Waals surface area contributed by atoms with Gasteiger partial charge in [0.15, 0.2) is 5.54 Å². The number of nitrogens with one attached hydrogen (secondary N) is 1. The fourth-order valence-electron chi connectivity index (χ4n) is 4.47. The van der Waals surface area contributed by atoms with Gasteiger partial charge in [-0.05, 0) is 49.1 Å². The van der Waals surface area contributed by atoms with E-state index in [1.165, 1.54) is 18.2 Å². The van der Waals surface area contributed by atoms with E-state index in [0.717, 1.165) is 19.1 Å². The molecule has 1 saturated heterocycles. The van der Waals surface area contributed by atoms with Gasteiger partial charge in [0.25, 0.3) is 5.91 Å². The van der Waals surface area contributed by atoms with Crippen molar-refractivity contribution in [2.45, 2.75) is 44.1 Å². The van der Waals surface area contributed by atoms with E-state index in [2.05, 4.69) is 5.32 Å². The third-order valence-electron chi connectivity index (χ3n) is 6.32. The number of aryl methyl sites for hydroxylation is 1. The van der Waals surface area contributed by atoms with E-state index in [1.54, 1.807) is 12.1 Å². The maximum atomic E-state index is 13.5. The molecule has 0 unspecified atom stereocenters. The van der Waals surface area contributed by atoms with Crippen molar-refractivity contribution < 1.29 is 37.1 Å². The fraction of sp³-hybridized carbons (Fsp3) is 0.348. The van der Waals surface area contributed by atoms with Crippen molar-refractivity contribution >= 4 is 17.8 Å². The average molecular weight is 479 g/mol. The number of carbonyl (C=O) groups excluding carboxylic acids is 3. The van der Waals surface area contributed by atoms with Crippen LogP contribution in [0.25, 0.3) is 0 Å². The Labute approximate surface area is 192 Å². The van der Waals surface area contributed by atoms with E-state index in [-0.39, 0.29) is 23.3 Å². The van der Waals surface area contributed by atoms with Gasteiger partial charge in [0.1, 0.15) is 24.2 Å². The molecule has 11 heteroatoms. The van der Waals surface area contributed by atoms with Gasteiger partial charge in [-0.25, -0.2) is 9.18 Å². The summed E-state index contributed by atoms with van der Waals surface area (Å²) in [6, 6.07) is 6.12. The topological polar surface area (TPSA) is 90.0 Å². The van der Waals surface area contributed by atoms with Gasteiger partial charge in [0, 0.05) is 12.1 Å². The molecule has 4 amide bonds. The smallest absolute Gasteiger partial charge is 0.408 e. The van der Waals surface area contributed by atoms with Crippen molar-refractivity contribution in [3.05, 3.63) is 65.0 Å². The van der Waals surface area contributed by atoms with Crippen LogP contribution in [-0.4, -0.2) is 51.5 Å². The Kier molecular flexibility index (Phi) is 5.74. The molecule has 0 bridgehead atoms. The molecule has 7 nitrogen and oxygen atoms in total. The van der Waals surface area contributed by atoms with Crippen molar-refractivity contribution in [3.8, 4) is 5.75 Å². The number of rotatable bonds is 5. The Hall–Kier alpha value is -3.63. The zero-order chi connectivity index (χ0) is 24.8. The quantitative estimate of drug-likeness (QED) is 0.509. The Balaban J connectivity index is 1.60. The Morgan fingerprint density at radius 3 is 2.53 bits per heavy atom. The number of halogens is 4. The maximum Gasteiger partial charge on any atom is 0.408 e. The lowest BCUT2D eigenvalue weighted by atomic mass is 9.91. The second-order valence-corrected chi connectivity index (χ2v) is 8.40. The largest absolute Gasteiger partial charge is 0.508 e. The highest BCUT2D eigenvalue weighted by Crippen LogP contribution is 2.45. The van der Waals surface area contributed by atoms with E-state index in [9.17, 15) is 37.1 Å². The van der Waals surface area contributed by atoms with Crippen LogP contribution in [0.15, 0.2) is 42.5 Å². The average Bonchev–Trinajstić information content (AvgIpc) is 3.26. The van der Waals surface area contributed by atoms with Crippen molar-refractivity contribution in [1.82, 2.24) is 15.1 Å². The summed E-state index contributed by atoms with van der Waals surface area (Å²) in [5.41, 5.74) is -0.440. The monoisotopic (exact) mass is 479 g/mol. The minimum Gasteiger partial charge on any atom is -0.508 e. The van der Waals surface area contributed by atoms with Crippen LogP contribution in [0.4, 0.5) is 22.4 Å². The molecule has 0 radical (unpaired) electrons. The standard InChI is InChI=1S/C23H21F4N3O4/c1-13(23(25,26)27)29(11-14-5-7-16(24)8-6-14)18(32)12-30-20(33)22(28-21(30)34)10-9-15-3-2-4-17(31)19(15)22/h2-8,13,31H,9-12H2,1H3,(H,28,34)/t13-,22-/m0/s1. The highest BCUT2D eigenvalue weighted by Gasteiger charge is 2.57. The molecule has 2 N–H and O–H groups in total. The van der Waals surface area contributed by atoms with Crippen LogP contribution in [0.2, 0.25) is 0 Å². The van der Waals surface area contributed by atoms with Crippen molar-refractivity contribution in [2.24, 2.45) is 0 Å². The van der Waals surface area contributed by atoms with Gasteiger partial charge >= 0.3 is 12.2 Å². The SMILES string of the molecule is C[C@H](N(Cc1ccc(F)cc1)C(=O)CN1C(=O)N[C@]2(CCc3cccc(O)c32)C1=O)C(F)(F)F. The van der Waals surface area contributed by atoms with Gasteiger partial charge in [0.05, 0.1) is 0 Å². The van der Waals surface area contributed by atoms with E-state index in [0.29, 0.717) is 21.8 Å². The van der Waals surface area contributed by atoms with E-state index in [1.807, 2.05) is 0 Å². The zero-order valence-electron chi connectivity index (χ0n) is 18.0. The lowest BCUT2D eigenvalue weighted by molar-refractivity contribution is -0.187. The summed E-state index contributed by atoms with van der Waals surface area (Å²) < 4.78 is 53.7. The zero-order valence-corrected chi connectivity index (χ0v) is 18.0. The van der Waals surface area contributed by atoms with E-state index >= 15 is 0 Å². The molecule has 1 aliphatic heterocycles. The van der Waals surface area contributed by atoms with Crippen molar-refractivity contribution in [1.29, 1.82) is 0 Å². The minimum atomic E-state index is -4.77. The summed E-state index contributed by atoms with van der Waals surface area (Å²) >= 11 is 0. The number of imide groups is 1. The number of fused-ring (bicyclic) bond motifs is 2. The first-order chi connectivity index (χ1) is 15.9. The molecular formula is C23H21F4N3O4. The number of benzene rings is 2. The molecule has 4 rings (SSSR count). The van der Waals surface area contributed by atoms with Gasteiger partial charge in [-0.1, -0.05) is 24.3 Å². The number of amides is 4. The molecular weight excluding hydrogens is 458 g/mol. The molecule has 1 heterocycles. The Morgan fingerprint density at radius 1 is 1.21 bits per heavy atom. The van der Waals surface area contributed by atoms with Crippen LogP contribution in [0.1, 0.15) is 30.0 Å². The summed E-state index contributed by atoms with van der Waals surface area (Å²) in [7, 11) is 0. The number of urea groups is 1. The van der Waals surface area contributed by atoms with Gasteiger partial charge < -0.3 is 15.3 Å². The highest BCUT2D eigenvalue weighted by molar-refractivity contribution is 6.10. The molecule has 0 saturated carbocycles. The third kappa shape index (κ3) is 3.95. The van der Waals surface area contributed by atoms with E-state index < -0.39 is 54.5 Å². The number of nitrogens with zero attached hydrogens (tertiary/aromatic N) is 2. The van der Waals surface area contributed by atoms with Crippen LogP contribution in [0, 0.1) is 5.82 Å². The summed E-state index contributed by atoms with van der Waals surface area (Å²) in [6.45, 7) is -0.630. The maximum absolute atomic E-state index is 13.5. The van der Waals surface area contributed by atoms with Crippen molar-refractivity contribution in [2.75, 3.05) is 6.54 Å². The lowest BCUT2D eigenvalue weighted by Crippen LogP contribution is -2.51. The predicted octanol–water partition coefficient (Wildman–Crippen LogP) is 3.20. The molecule has 1 spiro atoms. The number of phenolic OH excluding ortho intramolecular Hbond substituents is 1. The fourth-order valence-corrected chi connectivity index (χ4v) is 4.47. The predicted molar refractivity (Wildman–Crippen MR) is 111 cm³/mol. The summed E-state index contributed by atoms with van der Waals surface area (Å²) in [5.74, 6) is -2.70. The third-order valence-corrected chi connectivity index (χ3v) is 6.32. The summed E-state index contributed by atoms with van der Waals surface area (Å²) in [5, 5.41) is 12.8. The number of alkyl halides is 3. The number of phenols is 1. The molecule has 1 fully saturated rings. The molecule has 34 heavy (non-hydrogen) atoms. The van der Waals surface area contributed by atoms with Crippen LogP contribution in [0.5, 0.6) is 5.75 Å². The molecule has 2 aromatic rings. The van der Waals surface area contributed by atoms with Crippen LogP contribution in [0.3, 0.4) is 0 Å². The molecule has 180 valence electrons. The highest BCUT2D eigenvalue weighted by atomic mass is 19.4. The molecule has 2 aromatic carbocycles. The second kappa shape index (κ2) is 8.30. The summed E-state index contributed by atoms with van der Waals surface area (Å²) in [4.78, 5) is 40.0. The number of hydrogen-bond donors (Lipinski definition) is 2. The van der Waals surface area contributed by atoms with Gasteiger partial charge in [-0.3, -0.25) is 14.5 Å². The molecule has 0 aromatic heterocycles. The van der Waals surface area contributed by atoms with Gasteiger partial charge in [-0.2, -0.15) is 13.2 Å².